The molecule has 2 atom stereocenters. The Labute approximate surface area is 225 Å². The molecule has 0 bridgehead atoms. The summed E-state index contributed by atoms with van der Waals surface area (Å²) in [5, 5.41) is 22.5. The second-order valence-electron chi connectivity index (χ2n) is 8.62. The summed E-state index contributed by atoms with van der Waals surface area (Å²) in [6.45, 7) is 1.46. The molecule has 2 aromatic carbocycles. The fraction of sp³-hybridized carbons (Fsp3) is 0.286. The van der Waals surface area contributed by atoms with Gasteiger partial charge in [0.1, 0.15) is 11.5 Å². The van der Waals surface area contributed by atoms with Crippen LogP contribution in [0.1, 0.15) is 38.4 Å². The molecular formula is C28H31N3O8. The van der Waals surface area contributed by atoms with Crippen molar-refractivity contribution in [3.8, 4) is 22.4 Å². The van der Waals surface area contributed by atoms with Crippen LogP contribution < -0.4 is 11.1 Å². The molecule has 11 nitrogen and oxygen atoms in total. The summed E-state index contributed by atoms with van der Waals surface area (Å²) < 4.78 is 5.38. The molecule has 3 aromatic rings. The Balaban J connectivity index is 0.00000170. The number of hydrogen-bond acceptors (Lipinski definition) is 7. The Morgan fingerprint density at radius 2 is 1.59 bits per heavy atom. The number of Topliss-reactive ketones (excluding diaryl/α,β-unsaturated/α-hetero) is 1. The Morgan fingerprint density at radius 3 is 2.15 bits per heavy atom. The summed E-state index contributed by atoms with van der Waals surface area (Å²) in [5.41, 5.74) is 8.95. The molecule has 206 valence electrons. The molecule has 0 spiro atoms. The predicted octanol–water partition coefficient (Wildman–Crippen LogP) is 3.07. The first kappa shape index (κ1) is 30.4. The van der Waals surface area contributed by atoms with E-state index < -0.39 is 36.0 Å². The predicted molar refractivity (Wildman–Crippen MR) is 141 cm³/mol. The van der Waals surface area contributed by atoms with Crippen molar-refractivity contribution in [2.75, 3.05) is 0 Å². The molecule has 39 heavy (non-hydrogen) atoms. The average Bonchev–Trinajstić information content (AvgIpc) is 3.40. The van der Waals surface area contributed by atoms with Gasteiger partial charge in [-0.3, -0.25) is 24.0 Å². The van der Waals surface area contributed by atoms with Crippen molar-refractivity contribution in [2.45, 2.75) is 45.1 Å². The number of amides is 2. The molecular weight excluding hydrogens is 506 g/mol. The molecule has 0 unspecified atom stereocenters. The molecule has 2 amide bonds. The number of carbonyl (C=O) groups is 5. The molecule has 0 aliphatic heterocycles. The fourth-order valence-corrected chi connectivity index (χ4v) is 3.81. The number of aliphatic carboxylic acids is 1. The van der Waals surface area contributed by atoms with E-state index in [4.69, 9.17) is 25.3 Å². The van der Waals surface area contributed by atoms with Crippen molar-refractivity contribution >= 4 is 30.0 Å². The first-order valence-electron chi connectivity index (χ1n) is 12.2. The third-order valence-electron chi connectivity index (χ3n) is 5.85. The fourth-order valence-electron chi connectivity index (χ4n) is 3.81. The van der Waals surface area contributed by atoms with Gasteiger partial charge in [-0.15, -0.1) is 0 Å². The van der Waals surface area contributed by atoms with Gasteiger partial charge >= 0.3 is 5.97 Å². The van der Waals surface area contributed by atoms with Crippen molar-refractivity contribution in [1.82, 2.24) is 10.5 Å². The summed E-state index contributed by atoms with van der Waals surface area (Å²) in [6.07, 6.45) is -0.216. The van der Waals surface area contributed by atoms with Gasteiger partial charge in [-0.1, -0.05) is 66.7 Å². The van der Waals surface area contributed by atoms with E-state index in [0.29, 0.717) is 17.9 Å². The minimum Gasteiger partial charge on any atom is -0.483 e. The van der Waals surface area contributed by atoms with Crippen LogP contribution in [0.4, 0.5) is 0 Å². The van der Waals surface area contributed by atoms with Crippen LogP contribution >= 0.6 is 0 Å². The maximum Gasteiger partial charge on any atom is 0.304 e. The van der Waals surface area contributed by atoms with Gasteiger partial charge in [0.15, 0.2) is 5.78 Å². The van der Waals surface area contributed by atoms with E-state index in [1.54, 1.807) is 13.0 Å². The number of nitrogens with one attached hydrogen (secondary N) is 1. The van der Waals surface area contributed by atoms with Crippen molar-refractivity contribution in [3.05, 3.63) is 66.4 Å². The van der Waals surface area contributed by atoms with Crippen LogP contribution in [0.25, 0.3) is 22.4 Å². The number of hydrogen-bond donors (Lipinski definition) is 4. The summed E-state index contributed by atoms with van der Waals surface area (Å²) >= 11 is 0. The quantitative estimate of drug-likeness (QED) is 0.237. The van der Waals surface area contributed by atoms with Crippen LogP contribution in [0.2, 0.25) is 0 Å². The highest BCUT2D eigenvalue weighted by atomic mass is 16.5. The van der Waals surface area contributed by atoms with Crippen molar-refractivity contribution < 1.29 is 38.7 Å². The van der Waals surface area contributed by atoms with Crippen molar-refractivity contribution in [2.24, 2.45) is 11.7 Å². The van der Waals surface area contributed by atoms with E-state index in [1.807, 2.05) is 54.6 Å². The Kier molecular flexibility index (Phi) is 12.1. The largest absolute Gasteiger partial charge is 0.483 e. The van der Waals surface area contributed by atoms with Crippen molar-refractivity contribution in [1.29, 1.82) is 0 Å². The van der Waals surface area contributed by atoms with Gasteiger partial charge in [-0.25, -0.2) is 0 Å². The second-order valence-corrected chi connectivity index (χ2v) is 8.62. The van der Waals surface area contributed by atoms with Crippen LogP contribution in [0.3, 0.4) is 0 Å². The molecule has 0 saturated carbocycles. The summed E-state index contributed by atoms with van der Waals surface area (Å²) in [7, 11) is 0. The number of carboxylic acid groups (broad SMARTS) is 2. The minimum atomic E-state index is -1.22. The van der Waals surface area contributed by atoms with Gasteiger partial charge < -0.3 is 25.8 Å². The number of nitrogens with zero attached hydrogens (tertiary/aromatic N) is 1. The standard InChI is InChI=1S/C27H29N3O6.CH2O2/c1-2-22(24(31)14-20(27(28)35)15-26(33)34)29-25(32)13-12-21-16-23(30-36-21)19-10-8-18(9-11-19)17-6-4-3-5-7-17;2-1-3/h3-11,16,20,22H,2,12-15H2,1H3,(H2,28,35)(H,29,32)(H,33,34);1H,(H,2,3)/t20-,22-;/m0./s1. The molecule has 3 rings (SSSR count). The molecule has 0 saturated heterocycles. The van der Waals surface area contributed by atoms with E-state index in [0.717, 1.165) is 16.7 Å². The van der Waals surface area contributed by atoms with E-state index >= 15 is 0 Å². The Hall–Kier alpha value is -4.80. The highest BCUT2D eigenvalue weighted by Gasteiger charge is 2.27. The molecule has 0 fully saturated rings. The van der Waals surface area contributed by atoms with Crippen LogP contribution in [0.15, 0.2) is 65.2 Å². The van der Waals surface area contributed by atoms with E-state index in [2.05, 4.69) is 10.5 Å². The normalized spacial score (nSPS) is 11.8. The first-order chi connectivity index (χ1) is 18.7. The average molecular weight is 538 g/mol. The smallest absolute Gasteiger partial charge is 0.304 e. The number of benzene rings is 2. The number of rotatable bonds is 13. The maximum atomic E-state index is 12.5. The highest BCUT2D eigenvalue weighted by molar-refractivity contribution is 5.93. The van der Waals surface area contributed by atoms with Crippen molar-refractivity contribution in [3.63, 3.8) is 0 Å². The maximum absolute atomic E-state index is 12.5. The SMILES string of the molecule is CC[C@H](NC(=O)CCc1cc(-c2ccc(-c3ccccc3)cc2)no1)C(=O)C[C@@H](CC(=O)O)C(N)=O.O=CO. The van der Waals surface area contributed by atoms with E-state index in [1.165, 1.54) is 0 Å². The Morgan fingerprint density at radius 1 is 1.00 bits per heavy atom. The number of carboxylic acids is 1. The summed E-state index contributed by atoms with van der Waals surface area (Å²) in [6, 6.07) is 18.9. The molecule has 11 heteroatoms. The molecule has 0 aliphatic rings. The van der Waals surface area contributed by atoms with Crippen LogP contribution in [0, 0.1) is 5.92 Å². The number of carbonyl (C=O) groups excluding carboxylic acids is 3. The second kappa shape index (κ2) is 15.5. The highest BCUT2D eigenvalue weighted by Crippen LogP contribution is 2.25. The number of aromatic nitrogens is 1. The monoisotopic (exact) mass is 537 g/mol. The number of nitrogens with two attached hydrogens (primary N) is 1. The Bertz CT molecular complexity index is 1260. The lowest BCUT2D eigenvalue weighted by atomic mass is 9.94. The molecule has 5 N–H and O–H groups in total. The zero-order valence-corrected chi connectivity index (χ0v) is 21.4. The number of ketones is 1. The molecule has 0 radical (unpaired) electrons. The number of aryl methyl sites for hydroxylation is 1. The van der Waals surface area contributed by atoms with E-state index in [-0.39, 0.29) is 31.6 Å². The van der Waals surface area contributed by atoms with Crippen LogP contribution in [-0.4, -0.2) is 51.5 Å². The third-order valence-corrected chi connectivity index (χ3v) is 5.85. The lowest BCUT2D eigenvalue weighted by Crippen LogP contribution is -2.42. The van der Waals surface area contributed by atoms with Gasteiger partial charge in [0, 0.05) is 30.9 Å². The van der Waals surface area contributed by atoms with Crippen LogP contribution in [0.5, 0.6) is 0 Å². The van der Waals surface area contributed by atoms with E-state index in [9.17, 15) is 19.2 Å². The van der Waals surface area contributed by atoms with Gasteiger partial charge in [0.2, 0.25) is 11.8 Å². The van der Waals surface area contributed by atoms with Gasteiger partial charge in [-0.05, 0) is 17.5 Å². The third kappa shape index (κ3) is 9.88. The minimum absolute atomic E-state index is 0.0692. The lowest BCUT2D eigenvalue weighted by Gasteiger charge is -2.18. The van der Waals surface area contributed by atoms with Gasteiger partial charge in [-0.2, -0.15) is 0 Å². The van der Waals surface area contributed by atoms with Gasteiger partial charge in [0.25, 0.3) is 6.47 Å². The molecule has 1 aromatic heterocycles. The summed E-state index contributed by atoms with van der Waals surface area (Å²) in [5.74, 6) is -3.46. The number of primary amides is 1. The first-order valence-corrected chi connectivity index (χ1v) is 12.2. The topological polar surface area (TPSA) is 190 Å². The zero-order chi connectivity index (χ0) is 28.8. The van der Waals surface area contributed by atoms with Gasteiger partial charge in [0.05, 0.1) is 18.4 Å². The zero-order valence-electron chi connectivity index (χ0n) is 21.4. The summed E-state index contributed by atoms with van der Waals surface area (Å²) in [4.78, 5) is 55.6. The molecule has 0 aliphatic carbocycles. The molecule has 1 heterocycles. The van der Waals surface area contributed by atoms with Crippen LogP contribution in [-0.2, 0) is 30.4 Å². The lowest BCUT2D eigenvalue weighted by molar-refractivity contribution is -0.141.